The predicted molar refractivity (Wildman–Crippen MR) is 103 cm³/mol. The molecule has 0 spiro atoms. The van der Waals surface area contributed by atoms with E-state index in [-0.39, 0.29) is 5.56 Å². The Morgan fingerprint density at radius 2 is 2.19 bits per heavy atom. The fourth-order valence-corrected chi connectivity index (χ4v) is 4.99. The van der Waals surface area contributed by atoms with Crippen molar-refractivity contribution >= 4 is 10.9 Å². The number of hydrogen-bond acceptors (Lipinski definition) is 3. The van der Waals surface area contributed by atoms with Gasteiger partial charge in [0.1, 0.15) is 6.10 Å². The van der Waals surface area contributed by atoms with Gasteiger partial charge in [-0.25, -0.2) is 4.98 Å². The van der Waals surface area contributed by atoms with Crippen LogP contribution in [0.2, 0.25) is 0 Å². The molecular weight excluding hydrogens is 341 g/mol. The summed E-state index contributed by atoms with van der Waals surface area (Å²) in [6, 6.07) is 10.3. The van der Waals surface area contributed by atoms with E-state index in [1.807, 2.05) is 0 Å². The summed E-state index contributed by atoms with van der Waals surface area (Å²) in [4.78, 5) is 6.28. The highest BCUT2D eigenvalue weighted by atomic mass is 19.1. The number of nitrogens with zero attached hydrogens (tertiary/aromatic N) is 3. The Morgan fingerprint density at radius 1 is 1.30 bits per heavy atom. The van der Waals surface area contributed by atoms with Gasteiger partial charge in [-0.2, -0.15) is 4.39 Å². The lowest BCUT2D eigenvalue weighted by molar-refractivity contribution is 0.150. The molecule has 1 N–H and O–H groups in total. The molecule has 2 aliphatic rings. The number of aliphatic hydroxyl groups excluding tert-OH is 1. The number of hydrogen-bond donors (Lipinski definition) is 1. The van der Waals surface area contributed by atoms with Crippen molar-refractivity contribution in [2.75, 3.05) is 13.1 Å². The molecule has 1 fully saturated rings. The Labute approximate surface area is 158 Å². The van der Waals surface area contributed by atoms with Crippen molar-refractivity contribution in [1.29, 1.82) is 0 Å². The van der Waals surface area contributed by atoms with E-state index in [0.29, 0.717) is 12.6 Å². The summed E-state index contributed by atoms with van der Waals surface area (Å²) in [6.45, 7) is 4.71. The molecule has 2 atom stereocenters. The van der Waals surface area contributed by atoms with Gasteiger partial charge in [0, 0.05) is 47.4 Å². The van der Waals surface area contributed by atoms with Crippen molar-refractivity contribution in [3.05, 3.63) is 64.9 Å². The van der Waals surface area contributed by atoms with E-state index in [9.17, 15) is 9.50 Å². The minimum absolute atomic E-state index is 0.263. The highest BCUT2D eigenvalue weighted by molar-refractivity contribution is 5.87. The number of pyridine rings is 1. The molecule has 4 nitrogen and oxygen atoms in total. The topological polar surface area (TPSA) is 41.3 Å². The van der Waals surface area contributed by atoms with Gasteiger partial charge in [0.15, 0.2) is 0 Å². The van der Waals surface area contributed by atoms with Crippen molar-refractivity contribution < 1.29 is 9.50 Å². The second-order valence-electron chi connectivity index (χ2n) is 7.83. The van der Waals surface area contributed by atoms with Crippen LogP contribution >= 0.6 is 0 Å². The van der Waals surface area contributed by atoms with Crippen LogP contribution in [0, 0.1) is 12.9 Å². The lowest BCUT2D eigenvalue weighted by atomic mass is 9.95. The Bertz CT molecular complexity index is 1010. The van der Waals surface area contributed by atoms with Crippen molar-refractivity contribution in [3.63, 3.8) is 0 Å². The molecule has 0 radical (unpaired) electrons. The Kier molecular flexibility index (Phi) is 4.02. The monoisotopic (exact) mass is 365 g/mol. The van der Waals surface area contributed by atoms with Gasteiger partial charge in [0.25, 0.3) is 0 Å². The first kappa shape index (κ1) is 16.9. The summed E-state index contributed by atoms with van der Waals surface area (Å²) in [5, 5.41) is 12.1. The largest absolute Gasteiger partial charge is 0.386 e. The SMILES string of the molecule is Cc1ccc2c(c1)c1c(n2CC(O)c2cccnc2F)CCN2CCCC12. The highest BCUT2D eigenvalue weighted by Crippen LogP contribution is 2.43. The zero-order valence-electron chi connectivity index (χ0n) is 15.5. The molecular formula is C22H24FN3O. The molecule has 0 amide bonds. The molecule has 3 aromatic rings. The molecule has 1 saturated heterocycles. The predicted octanol–water partition coefficient (Wildman–Crippen LogP) is 3.91. The number of aliphatic hydroxyl groups is 1. The zero-order chi connectivity index (χ0) is 18.5. The zero-order valence-corrected chi connectivity index (χ0v) is 15.5. The van der Waals surface area contributed by atoms with E-state index in [1.165, 1.54) is 47.8 Å². The van der Waals surface area contributed by atoms with E-state index in [4.69, 9.17) is 0 Å². The van der Waals surface area contributed by atoms with Crippen LogP contribution in [-0.4, -0.2) is 32.6 Å². The summed E-state index contributed by atoms with van der Waals surface area (Å²) in [5.41, 5.74) is 5.39. The van der Waals surface area contributed by atoms with E-state index >= 15 is 0 Å². The maximum atomic E-state index is 14.1. The first-order valence-electron chi connectivity index (χ1n) is 9.77. The molecule has 5 heteroatoms. The van der Waals surface area contributed by atoms with Crippen molar-refractivity contribution in [2.45, 2.75) is 44.9 Å². The van der Waals surface area contributed by atoms with Crippen molar-refractivity contribution in [3.8, 4) is 0 Å². The molecule has 4 heterocycles. The Morgan fingerprint density at radius 3 is 3.04 bits per heavy atom. The van der Waals surface area contributed by atoms with Gasteiger partial charge in [-0.1, -0.05) is 17.7 Å². The third-order valence-corrected chi connectivity index (χ3v) is 6.20. The quantitative estimate of drug-likeness (QED) is 0.716. The van der Waals surface area contributed by atoms with Crippen molar-refractivity contribution in [2.24, 2.45) is 0 Å². The number of benzene rings is 1. The summed E-state index contributed by atoms with van der Waals surface area (Å²) >= 11 is 0. The number of fused-ring (bicyclic) bond motifs is 5. The van der Waals surface area contributed by atoms with Gasteiger partial charge in [-0.05, 0) is 50.1 Å². The van der Waals surface area contributed by atoms with E-state index in [1.54, 1.807) is 12.1 Å². The maximum Gasteiger partial charge on any atom is 0.218 e. The van der Waals surface area contributed by atoms with E-state index in [2.05, 4.69) is 39.6 Å². The van der Waals surface area contributed by atoms with Crippen LogP contribution in [0.25, 0.3) is 10.9 Å². The van der Waals surface area contributed by atoms with Crippen LogP contribution in [0.4, 0.5) is 4.39 Å². The molecule has 27 heavy (non-hydrogen) atoms. The van der Waals surface area contributed by atoms with Gasteiger partial charge in [0.05, 0.1) is 6.54 Å². The molecule has 0 saturated carbocycles. The lowest BCUT2D eigenvalue weighted by Crippen LogP contribution is -2.31. The fourth-order valence-electron chi connectivity index (χ4n) is 4.99. The summed E-state index contributed by atoms with van der Waals surface area (Å²) in [7, 11) is 0. The van der Waals surface area contributed by atoms with E-state index < -0.39 is 12.1 Å². The van der Waals surface area contributed by atoms with E-state index in [0.717, 1.165) is 18.5 Å². The molecule has 1 aromatic carbocycles. The van der Waals surface area contributed by atoms with Gasteiger partial charge in [0.2, 0.25) is 5.95 Å². The minimum Gasteiger partial charge on any atom is -0.386 e. The maximum absolute atomic E-state index is 14.1. The second kappa shape index (κ2) is 6.43. The van der Waals surface area contributed by atoms with Crippen LogP contribution in [0.1, 0.15) is 47.4 Å². The molecule has 2 aromatic heterocycles. The summed E-state index contributed by atoms with van der Waals surface area (Å²) in [6.07, 6.45) is 3.91. The standard InChI is InChI=1S/C22H24FN3O/c1-14-6-7-17-16(12-14)21-18-5-3-10-25(18)11-8-19(21)26(17)13-20(27)15-4-2-9-24-22(15)23/h2,4,6-7,9,12,18,20,27H,3,5,8,10-11,13H2,1H3. The Balaban J connectivity index is 1.64. The lowest BCUT2D eigenvalue weighted by Gasteiger charge is -2.31. The van der Waals surface area contributed by atoms with Crippen LogP contribution in [-0.2, 0) is 13.0 Å². The smallest absolute Gasteiger partial charge is 0.218 e. The fraction of sp³-hybridized carbons (Fsp3) is 0.409. The average molecular weight is 365 g/mol. The van der Waals surface area contributed by atoms with Gasteiger partial charge >= 0.3 is 0 Å². The molecule has 0 bridgehead atoms. The summed E-state index contributed by atoms with van der Waals surface area (Å²) in [5.74, 6) is -0.590. The number of aromatic nitrogens is 2. The molecule has 140 valence electrons. The summed E-state index contributed by atoms with van der Waals surface area (Å²) < 4.78 is 16.3. The highest BCUT2D eigenvalue weighted by Gasteiger charge is 2.35. The van der Waals surface area contributed by atoms with Crippen LogP contribution < -0.4 is 0 Å². The first-order valence-corrected chi connectivity index (χ1v) is 9.77. The van der Waals surface area contributed by atoms with Crippen LogP contribution in [0.3, 0.4) is 0 Å². The van der Waals surface area contributed by atoms with Crippen LogP contribution in [0.5, 0.6) is 0 Å². The molecule has 2 aliphatic heterocycles. The second-order valence-corrected chi connectivity index (χ2v) is 7.83. The number of halogens is 1. The third kappa shape index (κ3) is 2.68. The minimum atomic E-state index is -0.915. The average Bonchev–Trinajstić information content (AvgIpc) is 3.25. The van der Waals surface area contributed by atoms with Gasteiger partial charge in [-0.15, -0.1) is 0 Å². The Hall–Kier alpha value is -2.24. The molecule has 5 rings (SSSR count). The number of aryl methyl sites for hydroxylation is 1. The molecule has 2 unspecified atom stereocenters. The van der Waals surface area contributed by atoms with Crippen LogP contribution in [0.15, 0.2) is 36.5 Å². The van der Waals surface area contributed by atoms with Crippen molar-refractivity contribution in [1.82, 2.24) is 14.5 Å². The third-order valence-electron chi connectivity index (χ3n) is 6.20. The van der Waals surface area contributed by atoms with Gasteiger partial charge < -0.3 is 9.67 Å². The molecule has 0 aliphatic carbocycles. The van der Waals surface area contributed by atoms with Gasteiger partial charge in [-0.3, -0.25) is 4.90 Å². The first-order chi connectivity index (χ1) is 13.1. The normalized spacial score (nSPS) is 20.6. The number of rotatable bonds is 3.